The van der Waals surface area contributed by atoms with Crippen molar-refractivity contribution in [3.8, 4) is 0 Å². The van der Waals surface area contributed by atoms with Gasteiger partial charge in [0.1, 0.15) is 5.76 Å². The molecule has 0 saturated heterocycles. The minimum atomic E-state index is -7.33. The van der Waals surface area contributed by atoms with Gasteiger partial charge < -0.3 is 4.18 Å². The lowest BCUT2D eigenvalue weighted by Gasteiger charge is -2.32. The van der Waals surface area contributed by atoms with Gasteiger partial charge in [-0.2, -0.15) is 47.9 Å². The number of rotatable bonds is 5. The fraction of sp³-hybridized carbons (Fsp3) is 0.385. The van der Waals surface area contributed by atoms with Crippen LogP contribution in [-0.2, 0) is 20.7 Å². The van der Waals surface area contributed by atoms with Crippen molar-refractivity contribution in [2.45, 2.75) is 29.7 Å². The zero-order valence-electron chi connectivity index (χ0n) is 12.1. The van der Waals surface area contributed by atoms with E-state index in [0.29, 0.717) is 5.56 Å². The summed E-state index contributed by atoms with van der Waals surface area (Å²) in [4.78, 5) is 0. The Morgan fingerprint density at radius 2 is 1.38 bits per heavy atom. The number of fused-ring (bicyclic) bond motifs is 1. The van der Waals surface area contributed by atoms with Crippen LogP contribution in [0.1, 0.15) is 11.1 Å². The van der Waals surface area contributed by atoms with Gasteiger partial charge in [-0.25, -0.2) is 0 Å². The molecule has 0 radical (unpaired) electrons. The minimum absolute atomic E-state index is 0.272. The largest absolute Gasteiger partial charge is 0.460 e. The summed E-state index contributed by atoms with van der Waals surface area (Å²) in [5, 5.41) is -6.87. The molecule has 1 aliphatic rings. The maximum Gasteiger partial charge on any atom is 0.460 e. The van der Waals surface area contributed by atoms with Crippen LogP contribution in [0, 0.1) is 0 Å². The molecule has 1 aromatic rings. The summed E-state index contributed by atoms with van der Waals surface area (Å²) in [6.07, 6.45) is -6.74. The third-order valence-electron chi connectivity index (χ3n) is 3.38. The van der Waals surface area contributed by atoms with E-state index in [9.17, 15) is 47.9 Å². The summed E-state index contributed by atoms with van der Waals surface area (Å²) in [6, 6.07) is 5.71. The Labute approximate surface area is 140 Å². The molecule has 0 aromatic heterocycles. The summed E-state index contributed by atoms with van der Waals surface area (Å²) in [5.41, 5.74) is 0.613. The van der Waals surface area contributed by atoms with Crippen LogP contribution in [0.2, 0.25) is 0 Å². The first-order valence-electron chi connectivity index (χ1n) is 6.47. The quantitative estimate of drug-likeness (QED) is 0.532. The van der Waals surface area contributed by atoms with Crippen LogP contribution in [0.3, 0.4) is 0 Å². The van der Waals surface area contributed by atoms with E-state index in [0.717, 1.165) is 6.08 Å². The molecule has 0 N–H and O–H groups in total. The van der Waals surface area contributed by atoms with Crippen molar-refractivity contribution < 1.29 is 52.1 Å². The van der Waals surface area contributed by atoms with E-state index >= 15 is 0 Å². The fourth-order valence-electron chi connectivity index (χ4n) is 2.01. The maximum absolute atomic E-state index is 13.5. The highest BCUT2D eigenvalue weighted by molar-refractivity contribution is 7.88. The van der Waals surface area contributed by atoms with Crippen molar-refractivity contribution in [1.29, 1.82) is 0 Å². The van der Waals surface area contributed by atoms with Crippen LogP contribution in [0.4, 0.5) is 39.5 Å². The number of hydrogen-bond acceptors (Lipinski definition) is 3. The first-order valence-corrected chi connectivity index (χ1v) is 7.88. The summed E-state index contributed by atoms with van der Waals surface area (Å²) >= 11 is 0. The predicted octanol–water partition coefficient (Wildman–Crippen LogP) is 4.36. The zero-order chi connectivity index (χ0) is 20.2. The van der Waals surface area contributed by atoms with Crippen LogP contribution in [0.15, 0.2) is 30.0 Å². The van der Waals surface area contributed by atoms with Crippen LogP contribution >= 0.6 is 0 Å². The molecule has 0 aliphatic heterocycles. The van der Waals surface area contributed by atoms with Crippen molar-refractivity contribution in [1.82, 2.24) is 0 Å². The molecular weight excluding hydrogens is 407 g/mol. The van der Waals surface area contributed by atoms with E-state index in [2.05, 4.69) is 4.18 Å². The molecule has 0 amide bonds. The number of halogens is 9. The molecule has 146 valence electrons. The molecule has 1 aliphatic carbocycles. The van der Waals surface area contributed by atoms with E-state index in [1.54, 1.807) is 0 Å². The Hall–Kier alpha value is -1.92. The van der Waals surface area contributed by atoms with Gasteiger partial charge in [0.2, 0.25) is 0 Å². The van der Waals surface area contributed by atoms with Crippen molar-refractivity contribution in [3.63, 3.8) is 0 Å². The van der Waals surface area contributed by atoms with Gasteiger partial charge in [0.15, 0.2) is 0 Å². The van der Waals surface area contributed by atoms with Gasteiger partial charge in [-0.3, -0.25) is 0 Å². The second-order valence-corrected chi connectivity index (χ2v) is 6.77. The third-order valence-corrected chi connectivity index (χ3v) is 4.70. The smallest absolute Gasteiger partial charge is 0.382 e. The Kier molecular flexibility index (Phi) is 4.54. The monoisotopic (exact) mass is 414 g/mol. The van der Waals surface area contributed by atoms with Crippen LogP contribution in [-0.4, -0.2) is 31.7 Å². The topological polar surface area (TPSA) is 43.4 Å². The van der Waals surface area contributed by atoms with Gasteiger partial charge in [-0.15, -0.1) is 0 Å². The molecule has 13 heteroatoms. The fourth-order valence-corrected chi connectivity index (χ4v) is 2.95. The second kappa shape index (κ2) is 5.79. The van der Waals surface area contributed by atoms with E-state index in [4.69, 9.17) is 0 Å². The molecule has 0 fully saturated rings. The van der Waals surface area contributed by atoms with Crippen LogP contribution < -0.4 is 0 Å². The molecule has 0 heterocycles. The first-order chi connectivity index (χ1) is 11.5. The lowest BCUT2D eigenvalue weighted by atomic mass is 10.1. The van der Waals surface area contributed by atoms with Gasteiger partial charge in [0.25, 0.3) is 0 Å². The summed E-state index contributed by atoms with van der Waals surface area (Å²) in [6.45, 7) is 0. The average molecular weight is 414 g/mol. The predicted molar refractivity (Wildman–Crippen MR) is 69.0 cm³/mol. The molecule has 0 spiro atoms. The molecule has 0 saturated carbocycles. The lowest BCUT2D eigenvalue weighted by molar-refractivity contribution is -0.382. The molecule has 3 nitrogen and oxygen atoms in total. The van der Waals surface area contributed by atoms with Gasteiger partial charge in [-0.05, 0) is 17.2 Å². The van der Waals surface area contributed by atoms with E-state index in [-0.39, 0.29) is 5.56 Å². The molecule has 0 atom stereocenters. The average Bonchev–Trinajstić information content (AvgIpc) is 2.86. The van der Waals surface area contributed by atoms with Gasteiger partial charge in [0.05, 0.1) is 0 Å². The number of benzene rings is 1. The highest BCUT2D eigenvalue weighted by Crippen LogP contribution is 2.55. The van der Waals surface area contributed by atoms with E-state index < -0.39 is 45.6 Å². The van der Waals surface area contributed by atoms with E-state index in [1.165, 1.54) is 24.3 Å². The molecule has 0 bridgehead atoms. The van der Waals surface area contributed by atoms with Crippen LogP contribution in [0.25, 0.3) is 6.08 Å². The summed E-state index contributed by atoms with van der Waals surface area (Å²) in [7, 11) is -6.89. The molecule has 2 rings (SSSR count). The van der Waals surface area contributed by atoms with Gasteiger partial charge in [-0.1, -0.05) is 24.3 Å². The maximum atomic E-state index is 13.5. The van der Waals surface area contributed by atoms with Gasteiger partial charge in [0, 0.05) is 6.42 Å². The highest BCUT2D eigenvalue weighted by Gasteiger charge is 2.86. The summed E-state index contributed by atoms with van der Waals surface area (Å²) in [5.74, 6) is -15.5. The Morgan fingerprint density at radius 3 is 1.88 bits per heavy atom. The molecular formula is C13H7F9O3S. The molecule has 26 heavy (non-hydrogen) atoms. The van der Waals surface area contributed by atoms with Gasteiger partial charge >= 0.3 is 33.4 Å². The number of allylic oxidation sites excluding steroid dienone is 1. The summed E-state index contributed by atoms with van der Waals surface area (Å²) < 4.78 is 142. The highest BCUT2D eigenvalue weighted by atomic mass is 32.2. The second-order valence-electron chi connectivity index (χ2n) is 5.19. The number of hydrogen-bond donors (Lipinski definition) is 0. The van der Waals surface area contributed by atoms with Crippen molar-refractivity contribution in [2.24, 2.45) is 0 Å². The zero-order valence-corrected chi connectivity index (χ0v) is 12.9. The van der Waals surface area contributed by atoms with Crippen molar-refractivity contribution in [3.05, 3.63) is 41.2 Å². The molecule has 1 aromatic carbocycles. The van der Waals surface area contributed by atoms with E-state index in [1.807, 2.05) is 0 Å². The third kappa shape index (κ3) is 2.91. The first kappa shape index (κ1) is 20.4. The van der Waals surface area contributed by atoms with Crippen LogP contribution in [0.5, 0.6) is 0 Å². The molecule has 0 unspecified atom stereocenters. The standard InChI is InChI=1S/C13H7F9O3S/c14-10(15,12(18,19)20)11(16,17)13(21,22)26(23,24)25-9-5-7-3-1-2-4-8(7)6-9/h1-5H,6H2. The van der Waals surface area contributed by atoms with Crippen molar-refractivity contribution in [2.75, 3.05) is 0 Å². The normalized spacial score (nSPS) is 16.3. The lowest BCUT2D eigenvalue weighted by Crippen LogP contribution is -2.63. The Bertz CT molecular complexity index is 841. The Morgan fingerprint density at radius 1 is 0.846 bits per heavy atom. The SMILES string of the molecule is O=S(=O)(OC1=Cc2ccccc2C1)C(F)(F)C(F)(F)C(F)(F)C(F)(F)F. The number of alkyl halides is 9. The van der Waals surface area contributed by atoms with Crippen molar-refractivity contribution >= 4 is 16.2 Å². The Balaban J connectivity index is 2.36. The minimum Gasteiger partial charge on any atom is -0.382 e.